The summed E-state index contributed by atoms with van der Waals surface area (Å²) in [7, 11) is 0. The zero-order valence-electron chi connectivity index (χ0n) is 9.84. The summed E-state index contributed by atoms with van der Waals surface area (Å²) in [5, 5.41) is 6.59. The monoisotopic (exact) mass is 241 g/mol. The van der Waals surface area contributed by atoms with Crippen LogP contribution >= 0.6 is 0 Å². The number of hydrogen-bond acceptors (Lipinski definition) is 4. The van der Waals surface area contributed by atoms with Gasteiger partial charge in [0.15, 0.2) is 0 Å². The quantitative estimate of drug-likeness (QED) is 0.647. The Bertz CT molecular complexity index is 730. The second-order valence-electron chi connectivity index (χ2n) is 3.91. The molecule has 4 heteroatoms. The molecule has 4 nitrogen and oxygen atoms in total. The number of hydrogen-bond donors (Lipinski definition) is 0. The van der Waals surface area contributed by atoms with Crippen LogP contribution in [0.25, 0.3) is 21.7 Å². The number of carbonyl (C=O) groups is 1. The van der Waals surface area contributed by atoms with Crippen molar-refractivity contribution in [1.82, 2.24) is 5.16 Å². The minimum Gasteiger partial charge on any atom is -0.460 e. The Morgan fingerprint density at radius 3 is 2.94 bits per heavy atom. The fourth-order valence-corrected chi connectivity index (χ4v) is 2.05. The van der Waals surface area contributed by atoms with Crippen LogP contribution in [0.2, 0.25) is 0 Å². The number of rotatable bonds is 2. The average Bonchev–Trinajstić information content (AvgIpc) is 2.83. The molecule has 18 heavy (non-hydrogen) atoms. The van der Waals surface area contributed by atoms with Crippen molar-refractivity contribution < 1.29 is 14.1 Å². The van der Waals surface area contributed by atoms with Crippen molar-refractivity contribution in [3.8, 4) is 0 Å². The molecule has 3 rings (SSSR count). The second-order valence-corrected chi connectivity index (χ2v) is 3.91. The van der Waals surface area contributed by atoms with E-state index in [4.69, 9.17) is 9.26 Å². The normalized spacial score (nSPS) is 10.9. The molecule has 0 atom stereocenters. The van der Waals surface area contributed by atoms with E-state index < -0.39 is 5.97 Å². The molecule has 90 valence electrons. The minimum absolute atomic E-state index is 0.170. The number of benzene rings is 2. The van der Waals surface area contributed by atoms with Crippen LogP contribution in [0.4, 0.5) is 0 Å². The van der Waals surface area contributed by atoms with E-state index in [0.29, 0.717) is 17.5 Å². The van der Waals surface area contributed by atoms with E-state index in [9.17, 15) is 4.79 Å². The Kier molecular flexibility index (Phi) is 2.48. The van der Waals surface area contributed by atoms with Crippen LogP contribution in [0.15, 0.2) is 40.9 Å². The van der Waals surface area contributed by atoms with Gasteiger partial charge in [0.05, 0.1) is 12.0 Å². The number of ether oxygens (including phenoxy) is 1. The zero-order valence-corrected chi connectivity index (χ0v) is 9.84. The molecule has 0 saturated heterocycles. The van der Waals surface area contributed by atoms with E-state index in [2.05, 4.69) is 5.16 Å². The van der Waals surface area contributed by atoms with Gasteiger partial charge in [-0.1, -0.05) is 35.5 Å². The lowest BCUT2D eigenvalue weighted by Crippen LogP contribution is -2.03. The van der Waals surface area contributed by atoms with Crippen molar-refractivity contribution in [1.29, 1.82) is 0 Å². The van der Waals surface area contributed by atoms with Crippen molar-refractivity contribution in [3.63, 3.8) is 0 Å². The maximum absolute atomic E-state index is 11.8. The van der Waals surface area contributed by atoms with Gasteiger partial charge in [0.2, 0.25) is 0 Å². The lowest BCUT2D eigenvalue weighted by Gasteiger charge is -2.00. The van der Waals surface area contributed by atoms with E-state index in [-0.39, 0.29) is 5.76 Å². The first-order chi connectivity index (χ1) is 8.81. The molecule has 0 aliphatic rings. The highest BCUT2D eigenvalue weighted by Gasteiger charge is 2.19. The summed E-state index contributed by atoms with van der Waals surface area (Å²) in [5.74, 6) is -0.306. The Morgan fingerprint density at radius 2 is 2.11 bits per heavy atom. The molecular formula is C14H11NO3. The highest BCUT2D eigenvalue weighted by Crippen LogP contribution is 2.28. The second kappa shape index (κ2) is 4.14. The van der Waals surface area contributed by atoms with Gasteiger partial charge in [-0.2, -0.15) is 0 Å². The third-order valence-electron chi connectivity index (χ3n) is 2.83. The van der Waals surface area contributed by atoms with Crippen molar-refractivity contribution in [2.24, 2.45) is 0 Å². The van der Waals surface area contributed by atoms with Gasteiger partial charge in [0, 0.05) is 0 Å². The summed E-state index contributed by atoms with van der Waals surface area (Å²) in [6.45, 7) is 2.07. The van der Waals surface area contributed by atoms with Gasteiger partial charge in [-0.15, -0.1) is 0 Å². The summed E-state index contributed by atoms with van der Waals surface area (Å²) >= 11 is 0. The Morgan fingerprint density at radius 1 is 1.28 bits per heavy atom. The first-order valence-corrected chi connectivity index (χ1v) is 5.75. The molecule has 0 unspecified atom stereocenters. The average molecular weight is 241 g/mol. The molecule has 3 aromatic rings. The smallest absolute Gasteiger partial charge is 0.377 e. The number of carbonyl (C=O) groups excluding carboxylic acids is 1. The Balaban J connectivity index is 2.33. The number of aromatic nitrogens is 1. The van der Waals surface area contributed by atoms with E-state index in [1.807, 2.05) is 36.4 Å². The van der Waals surface area contributed by atoms with Crippen LogP contribution in [0.3, 0.4) is 0 Å². The predicted octanol–water partition coefficient (Wildman–Crippen LogP) is 3.16. The lowest BCUT2D eigenvalue weighted by molar-refractivity contribution is 0.0483. The molecule has 0 aliphatic carbocycles. The highest BCUT2D eigenvalue weighted by molar-refractivity contribution is 6.14. The summed E-state index contributed by atoms with van der Waals surface area (Å²) < 4.78 is 10.1. The van der Waals surface area contributed by atoms with Crippen LogP contribution in [0, 0.1) is 0 Å². The molecule has 0 spiro atoms. The fourth-order valence-electron chi connectivity index (χ4n) is 2.05. The molecule has 0 aliphatic heterocycles. The van der Waals surface area contributed by atoms with Gasteiger partial charge < -0.3 is 9.26 Å². The summed E-state index contributed by atoms with van der Waals surface area (Å²) in [4.78, 5) is 11.8. The minimum atomic E-state index is -0.476. The van der Waals surface area contributed by atoms with Crippen LogP contribution in [0.5, 0.6) is 0 Å². The SMILES string of the molecule is CCOC(=O)c1onc2ccc3ccccc3c12. The summed E-state index contributed by atoms with van der Waals surface area (Å²) in [6, 6.07) is 11.6. The first kappa shape index (κ1) is 10.8. The molecule has 0 amide bonds. The topological polar surface area (TPSA) is 52.3 Å². The fraction of sp³-hybridized carbons (Fsp3) is 0.143. The summed E-state index contributed by atoms with van der Waals surface area (Å²) in [6.07, 6.45) is 0. The number of nitrogens with zero attached hydrogens (tertiary/aromatic N) is 1. The standard InChI is InChI=1S/C14H11NO3/c1-2-17-14(16)13-12-10-6-4-3-5-9(10)7-8-11(12)15-18-13/h3-8H,2H2,1H3. The molecule has 0 N–H and O–H groups in total. The van der Waals surface area contributed by atoms with Crippen LogP contribution in [0.1, 0.15) is 17.5 Å². The maximum Gasteiger partial charge on any atom is 0.377 e. The van der Waals surface area contributed by atoms with Crippen molar-refractivity contribution in [2.45, 2.75) is 6.92 Å². The van der Waals surface area contributed by atoms with Gasteiger partial charge in [-0.3, -0.25) is 0 Å². The lowest BCUT2D eigenvalue weighted by atomic mass is 10.1. The third kappa shape index (κ3) is 1.54. The Labute approximate surface area is 103 Å². The Hall–Kier alpha value is -2.36. The van der Waals surface area contributed by atoms with Crippen LogP contribution in [-0.2, 0) is 4.74 Å². The third-order valence-corrected chi connectivity index (χ3v) is 2.83. The van der Waals surface area contributed by atoms with Gasteiger partial charge in [0.1, 0.15) is 5.52 Å². The summed E-state index contributed by atoms with van der Waals surface area (Å²) in [5.41, 5.74) is 0.664. The van der Waals surface area contributed by atoms with Crippen LogP contribution < -0.4 is 0 Å². The predicted molar refractivity (Wildman–Crippen MR) is 67.5 cm³/mol. The molecule has 0 bridgehead atoms. The highest BCUT2D eigenvalue weighted by atomic mass is 16.6. The molecule has 1 heterocycles. The molecule has 0 fully saturated rings. The number of fused-ring (bicyclic) bond motifs is 3. The van der Waals surface area contributed by atoms with Crippen molar-refractivity contribution >= 4 is 27.6 Å². The van der Waals surface area contributed by atoms with Gasteiger partial charge in [-0.25, -0.2) is 4.79 Å². The largest absolute Gasteiger partial charge is 0.460 e. The van der Waals surface area contributed by atoms with Gasteiger partial charge >= 0.3 is 5.97 Å². The van der Waals surface area contributed by atoms with E-state index >= 15 is 0 Å². The zero-order chi connectivity index (χ0) is 12.5. The first-order valence-electron chi connectivity index (χ1n) is 5.75. The van der Waals surface area contributed by atoms with Crippen LogP contribution in [-0.4, -0.2) is 17.7 Å². The van der Waals surface area contributed by atoms with E-state index in [1.54, 1.807) is 6.92 Å². The van der Waals surface area contributed by atoms with Crippen molar-refractivity contribution in [3.05, 3.63) is 42.2 Å². The molecule has 0 radical (unpaired) electrons. The molecule has 0 saturated carbocycles. The number of esters is 1. The molecular weight excluding hydrogens is 230 g/mol. The molecule has 2 aromatic carbocycles. The van der Waals surface area contributed by atoms with Gasteiger partial charge in [0.25, 0.3) is 5.76 Å². The van der Waals surface area contributed by atoms with Crippen molar-refractivity contribution in [2.75, 3.05) is 6.61 Å². The molecule has 1 aromatic heterocycles. The van der Waals surface area contributed by atoms with E-state index in [1.165, 1.54) is 0 Å². The van der Waals surface area contributed by atoms with E-state index in [0.717, 1.165) is 10.8 Å². The maximum atomic E-state index is 11.8. The van der Waals surface area contributed by atoms with Gasteiger partial charge in [-0.05, 0) is 23.8 Å².